The van der Waals surface area contributed by atoms with Crippen LogP contribution in [0.5, 0.6) is 0 Å². The largest absolute Gasteiger partial charge is 0.465 e. The van der Waals surface area contributed by atoms with E-state index in [1.807, 2.05) is 25.1 Å². The van der Waals surface area contributed by atoms with E-state index in [1.54, 1.807) is 6.92 Å². The molecule has 1 amide bonds. The molecule has 2 rings (SSSR count). The van der Waals surface area contributed by atoms with E-state index in [0.717, 1.165) is 15.6 Å². The Morgan fingerprint density at radius 2 is 2.17 bits per heavy atom. The van der Waals surface area contributed by atoms with Gasteiger partial charge in [-0.15, -0.1) is 0 Å². The van der Waals surface area contributed by atoms with Gasteiger partial charge in [-0.05, 0) is 37.6 Å². The quantitative estimate of drug-likeness (QED) is 0.884. The van der Waals surface area contributed by atoms with E-state index in [1.165, 1.54) is 0 Å². The van der Waals surface area contributed by atoms with Crippen LogP contribution in [-0.4, -0.2) is 16.4 Å². The summed E-state index contributed by atoms with van der Waals surface area (Å²) in [6, 6.07) is 5.62. The maximum absolute atomic E-state index is 10.7. The Balaban J connectivity index is 2.50. The molecule has 0 radical (unpaired) electrons. The number of anilines is 1. The highest BCUT2D eigenvalue weighted by Gasteiger charge is 2.17. The summed E-state index contributed by atoms with van der Waals surface area (Å²) in [6.07, 6.45) is -1.14. The molecule has 0 bridgehead atoms. The lowest BCUT2D eigenvalue weighted by Crippen LogP contribution is -2.08. The molecule has 6 heteroatoms. The maximum atomic E-state index is 10.7. The highest BCUT2D eigenvalue weighted by Crippen LogP contribution is 2.32. The van der Waals surface area contributed by atoms with Gasteiger partial charge in [0.15, 0.2) is 5.76 Å². The van der Waals surface area contributed by atoms with Gasteiger partial charge in [-0.1, -0.05) is 21.1 Å². The molecule has 1 aromatic carbocycles. The van der Waals surface area contributed by atoms with E-state index in [2.05, 4.69) is 26.4 Å². The van der Waals surface area contributed by atoms with Crippen LogP contribution in [0, 0.1) is 13.8 Å². The number of halogens is 1. The Morgan fingerprint density at radius 3 is 2.78 bits per heavy atom. The van der Waals surface area contributed by atoms with Crippen LogP contribution in [-0.2, 0) is 0 Å². The lowest BCUT2D eigenvalue weighted by molar-refractivity contribution is 0.209. The van der Waals surface area contributed by atoms with Gasteiger partial charge in [-0.25, -0.2) is 4.79 Å². The Hall–Kier alpha value is -1.82. The number of rotatable bonds is 2. The molecular formula is C12H11BrN2O3. The number of benzene rings is 1. The van der Waals surface area contributed by atoms with Crippen molar-refractivity contribution in [2.45, 2.75) is 13.8 Å². The zero-order valence-corrected chi connectivity index (χ0v) is 11.4. The molecule has 0 aliphatic carbocycles. The van der Waals surface area contributed by atoms with Crippen LogP contribution in [0.1, 0.15) is 11.3 Å². The van der Waals surface area contributed by atoms with Crippen LogP contribution < -0.4 is 5.32 Å². The van der Waals surface area contributed by atoms with Gasteiger partial charge >= 0.3 is 6.09 Å². The van der Waals surface area contributed by atoms with E-state index in [4.69, 9.17) is 9.63 Å². The first-order chi connectivity index (χ1) is 8.49. The third-order valence-corrected chi connectivity index (χ3v) is 3.40. The molecule has 0 fully saturated rings. The van der Waals surface area contributed by atoms with Crippen molar-refractivity contribution < 1.29 is 14.4 Å². The Morgan fingerprint density at radius 1 is 1.44 bits per heavy atom. The van der Waals surface area contributed by atoms with Crippen LogP contribution in [0.3, 0.4) is 0 Å². The minimum atomic E-state index is -1.14. The number of aryl methyl sites for hydroxylation is 2. The van der Waals surface area contributed by atoms with Crippen molar-refractivity contribution >= 4 is 27.7 Å². The van der Waals surface area contributed by atoms with E-state index in [0.29, 0.717) is 17.1 Å². The fourth-order valence-corrected chi connectivity index (χ4v) is 1.85. The minimum Gasteiger partial charge on any atom is -0.465 e. The van der Waals surface area contributed by atoms with Gasteiger partial charge in [0.2, 0.25) is 0 Å². The topological polar surface area (TPSA) is 75.4 Å². The van der Waals surface area contributed by atoms with E-state index in [-0.39, 0.29) is 0 Å². The molecular weight excluding hydrogens is 300 g/mol. The van der Waals surface area contributed by atoms with Crippen molar-refractivity contribution in [3.63, 3.8) is 0 Å². The highest BCUT2D eigenvalue weighted by molar-refractivity contribution is 9.10. The normalized spacial score (nSPS) is 10.4. The van der Waals surface area contributed by atoms with Gasteiger partial charge < -0.3 is 9.63 Å². The molecule has 2 aromatic rings. The summed E-state index contributed by atoms with van der Waals surface area (Å²) in [4.78, 5) is 10.7. The maximum Gasteiger partial charge on any atom is 0.409 e. The first-order valence-electron chi connectivity index (χ1n) is 5.22. The van der Waals surface area contributed by atoms with Crippen LogP contribution in [0.25, 0.3) is 11.3 Å². The van der Waals surface area contributed by atoms with Crippen molar-refractivity contribution in [3.05, 3.63) is 33.9 Å². The Kier molecular flexibility index (Phi) is 3.38. The molecule has 0 saturated heterocycles. The zero-order valence-electron chi connectivity index (χ0n) is 9.82. The van der Waals surface area contributed by atoms with Crippen LogP contribution in [0.4, 0.5) is 10.5 Å². The standard InChI is InChI=1S/C12H11BrN2O3/c1-6-5-8(3-4-9(6)13)11-10(14-12(16)17)7(2)15-18-11/h3-5,14H,1-2H3,(H,16,17). The number of amides is 1. The third kappa shape index (κ3) is 2.38. The molecule has 18 heavy (non-hydrogen) atoms. The van der Waals surface area contributed by atoms with Gasteiger partial charge in [-0.3, -0.25) is 5.32 Å². The number of aromatic nitrogens is 1. The number of carbonyl (C=O) groups is 1. The summed E-state index contributed by atoms with van der Waals surface area (Å²) >= 11 is 3.41. The van der Waals surface area contributed by atoms with Crippen molar-refractivity contribution in [2.75, 3.05) is 5.32 Å². The number of nitrogens with zero attached hydrogens (tertiary/aromatic N) is 1. The second-order valence-corrected chi connectivity index (χ2v) is 4.72. The molecule has 1 aromatic heterocycles. The second-order valence-electron chi connectivity index (χ2n) is 3.87. The van der Waals surface area contributed by atoms with Gasteiger partial charge in [0.1, 0.15) is 11.4 Å². The summed E-state index contributed by atoms with van der Waals surface area (Å²) < 4.78 is 6.17. The minimum absolute atomic E-state index is 0.379. The Bertz CT molecular complexity index is 607. The fourth-order valence-electron chi connectivity index (χ4n) is 1.61. The number of hydrogen-bond acceptors (Lipinski definition) is 3. The monoisotopic (exact) mass is 310 g/mol. The average Bonchev–Trinajstić information content (AvgIpc) is 2.64. The first kappa shape index (κ1) is 12.6. The average molecular weight is 311 g/mol. The smallest absolute Gasteiger partial charge is 0.409 e. The SMILES string of the molecule is Cc1cc(-c2onc(C)c2NC(=O)O)ccc1Br. The zero-order chi connectivity index (χ0) is 13.3. The second kappa shape index (κ2) is 4.81. The van der Waals surface area contributed by atoms with Crippen LogP contribution in [0.15, 0.2) is 27.2 Å². The number of carboxylic acid groups (broad SMARTS) is 1. The number of hydrogen-bond donors (Lipinski definition) is 2. The van der Waals surface area contributed by atoms with Crippen molar-refractivity contribution in [2.24, 2.45) is 0 Å². The summed E-state index contributed by atoms with van der Waals surface area (Å²) in [5.74, 6) is 0.422. The van der Waals surface area contributed by atoms with E-state index >= 15 is 0 Å². The molecule has 2 N–H and O–H groups in total. The summed E-state index contributed by atoms with van der Waals surface area (Å²) in [5, 5.41) is 14.9. The molecule has 0 unspecified atom stereocenters. The van der Waals surface area contributed by atoms with E-state index in [9.17, 15) is 4.79 Å². The molecule has 0 aliphatic heterocycles. The summed E-state index contributed by atoms with van der Waals surface area (Å²) in [6.45, 7) is 3.63. The first-order valence-corrected chi connectivity index (χ1v) is 6.01. The van der Waals surface area contributed by atoms with Crippen molar-refractivity contribution in [1.29, 1.82) is 0 Å². The predicted octanol–water partition coefficient (Wildman–Crippen LogP) is 3.81. The van der Waals surface area contributed by atoms with E-state index < -0.39 is 6.09 Å². The van der Waals surface area contributed by atoms with Gasteiger partial charge in [0, 0.05) is 10.0 Å². The van der Waals surface area contributed by atoms with Crippen LogP contribution >= 0.6 is 15.9 Å². The molecule has 0 atom stereocenters. The third-order valence-electron chi connectivity index (χ3n) is 2.51. The lowest BCUT2D eigenvalue weighted by atomic mass is 10.1. The Labute approximate surface area is 112 Å². The van der Waals surface area contributed by atoms with Gasteiger partial charge in [-0.2, -0.15) is 0 Å². The predicted molar refractivity (Wildman–Crippen MR) is 70.8 cm³/mol. The fraction of sp³-hybridized carbons (Fsp3) is 0.167. The van der Waals surface area contributed by atoms with Crippen molar-refractivity contribution in [3.8, 4) is 11.3 Å². The lowest BCUT2D eigenvalue weighted by Gasteiger charge is -2.04. The molecule has 0 saturated carbocycles. The highest BCUT2D eigenvalue weighted by atomic mass is 79.9. The summed E-state index contributed by atoms with van der Waals surface area (Å²) in [5.41, 5.74) is 2.69. The molecule has 94 valence electrons. The molecule has 5 nitrogen and oxygen atoms in total. The molecule has 0 aliphatic rings. The summed E-state index contributed by atoms with van der Waals surface area (Å²) in [7, 11) is 0. The van der Waals surface area contributed by atoms with Gasteiger partial charge in [0.05, 0.1) is 0 Å². The van der Waals surface area contributed by atoms with Crippen LogP contribution in [0.2, 0.25) is 0 Å². The number of nitrogens with one attached hydrogen (secondary N) is 1. The molecule has 0 spiro atoms. The van der Waals surface area contributed by atoms with Gasteiger partial charge in [0.25, 0.3) is 0 Å². The molecule has 1 heterocycles. The van der Waals surface area contributed by atoms with Crippen molar-refractivity contribution in [1.82, 2.24) is 5.16 Å².